The summed E-state index contributed by atoms with van der Waals surface area (Å²) in [7, 11) is 0. The predicted octanol–water partition coefficient (Wildman–Crippen LogP) is 3.99. The van der Waals surface area contributed by atoms with Gasteiger partial charge in [-0.15, -0.1) is 24.0 Å². The number of ether oxygens (including phenoxy) is 1. The van der Waals surface area contributed by atoms with Crippen LogP contribution in [-0.4, -0.2) is 74.4 Å². The predicted molar refractivity (Wildman–Crippen MR) is 125 cm³/mol. The van der Waals surface area contributed by atoms with E-state index in [0.29, 0.717) is 32.8 Å². The van der Waals surface area contributed by atoms with Crippen LogP contribution in [0.15, 0.2) is 35.3 Å². The summed E-state index contributed by atoms with van der Waals surface area (Å²) in [5, 5.41) is 3.29. The Kier molecular flexibility index (Phi) is 12.7. The summed E-state index contributed by atoms with van der Waals surface area (Å²) >= 11 is 0. The molecule has 1 saturated heterocycles. The molecule has 9 heteroatoms. The first kappa shape index (κ1) is 27.0. The van der Waals surface area contributed by atoms with E-state index in [4.69, 9.17) is 4.74 Å². The molecule has 0 spiro atoms. The third-order valence-corrected chi connectivity index (χ3v) is 4.90. The van der Waals surface area contributed by atoms with E-state index < -0.39 is 12.7 Å². The first-order valence-electron chi connectivity index (χ1n) is 10.3. The lowest BCUT2D eigenvalue weighted by Gasteiger charge is -2.26. The topological polar surface area (TPSA) is 40.1 Å². The maximum absolute atomic E-state index is 12.7. The van der Waals surface area contributed by atoms with Gasteiger partial charge in [0.25, 0.3) is 0 Å². The maximum Gasteiger partial charge on any atom is 0.401 e. The number of hydrogen-bond acceptors (Lipinski definition) is 3. The SMILES string of the molecule is CCNC(=NCCOCc1ccccc1)N1CCC(CN(CC)CC(F)(F)F)C1.I. The molecular weight excluding hydrogens is 508 g/mol. The van der Waals surface area contributed by atoms with Gasteiger partial charge in [0, 0.05) is 26.2 Å². The zero-order valence-electron chi connectivity index (χ0n) is 17.8. The van der Waals surface area contributed by atoms with Crippen molar-refractivity contribution in [3.05, 3.63) is 35.9 Å². The Morgan fingerprint density at radius 3 is 2.63 bits per heavy atom. The van der Waals surface area contributed by atoms with E-state index in [1.807, 2.05) is 37.3 Å². The number of nitrogens with one attached hydrogen (secondary N) is 1. The van der Waals surface area contributed by atoms with Crippen LogP contribution < -0.4 is 5.32 Å². The number of benzene rings is 1. The second-order valence-corrected chi connectivity index (χ2v) is 7.32. The van der Waals surface area contributed by atoms with Crippen molar-refractivity contribution in [2.45, 2.75) is 33.1 Å². The van der Waals surface area contributed by atoms with E-state index >= 15 is 0 Å². The van der Waals surface area contributed by atoms with Crippen molar-refractivity contribution in [3.8, 4) is 0 Å². The summed E-state index contributed by atoms with van der Waals surface area (Å²) in [4.78, 5) is 8.26. The summed E-state index contributed by atoms with van der Waals surface area (Å²) in [6.07, 6.45) is -3.27. The molecule has 0 saturated carbocycles. The van der Waals surface area contributed by atoms with Crippen LogP contribution >= 0.6 is 24.0 Å². The molecule has 1 atom stereocenters. The van der Waals surface area contributed by atoms with Gasteiger partial charge in [0.15, 0.2) is 5.96 Å². The summed E-state index contributed by atoms with van der Waals surface area (Å²) in [6.45, 7) is 7.74. The highest BCUT2D eigenvalue weighted by Gasteiger charge is 2.32. The van der Waals surface area contributed by atoms with Crippen molar-refractivity contribution in [1.82, 2.24) is 15.1 Å². The summed E-state index contributed by atoms with van der Waals surface area (Å²) in [5.41, 5.74) is 1.13. The van der Waals surface area contributed by atoms with E-state index in [-0.39, 0.29) is 29.9 Å². The highest BCUT2D eigenvalue weighted by Crippen LogP contribution is 2.21. The largest absolute Gasteiger partial charge is 0.401 e. The van der Waals surface area contributed by atoms with Crippen LogP contribution in [0.25, 0.3) is 0 Å². The van der Waals surface area contributed by atoms with Crippen LogP contribution in [0.4, 0.5) is 13.2 Å². The van der Waals surface area contributed by atoms with E-state index in [9.17, 15) is 13.2 Å². The Hall–Kier alpha value is -1.07. The average molecular weight is 542 g/mol. The third kappa shape index (κ3) is 10.3. The minimum atomic E-state index is -4.15. The first-order valence-corrected chi connectivity index (χ1v) is 10.3. The fraction of sp³-hybridized carbons (Fsp3) is 0.667. The van der Waals surface area contributed by atoms with Crippen LogP contribution in [0.1, 0.15) is 25.8 Å². The van der Waals surface area contributed by atoms with Crippen molar-refractivity contribution in [2.75, 3.05) is 52.4 Å². The quantitative estimate of drug-likeness (QED) is 0.210. The standard InChI is InChI=1S/C21H33F3N4O.HI/c1-3-25-20(26-11-13-29-16-18-8-6-5-7-9-18)28-12-10-19(15-28)14-27(4-2)17-21(22,23)24;/h5-9,19H,3-4,10-17H2,1-2H3,(H,25,26);1H. The van der Waals surface area contributed by atoms with Crippen molar-refractivity contribution >= 4 is 29.9 Å². The molecule has 1 fully saturated rings. The summed E-state index contributed by atoms with van der Waals surface area (Å²) in [6, 6.07) is 9.99. The summed E-state index contributed by atoms with van der Waals surface area (Å²) in [5.74, 6) is 1.03. The number of rotatable bonds is 10. The maximum atomic E-state index is 12.7. The molecule has 0 radical (unpaired) electrons. The number of alkyl halides is 3. The Morgan fingerprint density at radius 2 is 2.00 bits per heavy atom. The molecule has 30 heavy (non-hydrogen) atoms. The molecule has 1 aliphatic rings. The fourth-order valence-electron chi connectivity index (χ4n) is 3.50. The lowest BCUT2D eigenvalue weighted by atomic mass is 10.1. The molecule has 1 heterocycles. The minimum Gasteiger partial charge on any atom is -0.375 e. The molecule has 1 aromatic rings. The van der Waals surface area contributed by atoms with Crippen LogP contribution in [0.2, 0.25) is 0 Å². The number of hydrogen-bond donors (Lipinski definition) is 1. The van der Waals surface area contributed by atoms with E-state index in [1.54, 1.807) is 6.92 Å². The Balaban J connectivity index is 0.00000450. The molecule has 2 rings (SSSR count). The zero-order chi connectivity index (χ0) is 21.1. The fourth-order valence-corrected chi connectivity index (χ4v) is 3.50. The van der Waals surface area contributed by atoms with Crippen molar-refractivity contribution in [1.29, 1.82) is 0 Å². The monoisotopic (exact) mass is 542 g/mol. The second-order valence-electron chi connectivity index (χ2n) is 7.32. The average Bonchev–Trinajstić information content (AvgIpc) is 3.14. The number of likely N-dealkylation sites (tertiary alicyclic amines) is 1. The van der Waals surface area contributed by atoms with Crippen LogP contribution in [0.5, 0.6) is 0 Å². The first-order chi connectivity index (χ1) is 13.9. The Bertz CT molecular complexity index is 616. The zero-order valence-corrected chi connectivity index (χ0v) is 20.2. The van der Waals surface area contributed by atoms with Crippen molar-refractivity contribution < 1.29 is 17.9 Å². The molecule has 1 aromatic carbocycles. The minimum absolute atomic E-state index is 0. The van der Waals surface area contributed by atoms with Gasteiger partial charge in [-0.3, -0.25) is 9.89 Å². The van der Waals surface area contributed by atoms with Gasteiger partial charge in [-0.25, -0.2) is 0 Å². The Labute approximate surface area is 195 Å². The normalized spacial score (nSPS) is 17.3. The van der Waals surface area contributed by atoms with E-state index in [0.717, 1.165) is 37.6 Å². The molecule has 0 aliphatic carbocycles. The van der Waals surface area contributed by atoms with Crippen LogP contribution in [-0.2, 0) is 11.3 Å². The molecule has 1 unspecified atom stereocenters. The van der Waals surface area contributed by atoms with Gasteiger partial charge < -0.3 is 15.0 Å². The van der Waals surface area contributed by atoms with Gasteiger partial charge in [0.05, 0.1) is 26.3 Å². The number of halogens is 4. The molecule has 0 amide bonds. The third-order valence-electron chi connectivity index (χ3n) is 4.90. The molecule has 172 valence electrons. The highest BCUT2D eigenvalue weighted by molar-refractivity contribution is 14.0. The second kappa shape index (κ2) is 14.1. The van der Waals surface area contributed by atoms with Gasteiger partial charge in [-0.05, 0) is 31.4 Å². The van der Waals surface area contributed by atoms with Crippen LogP contribution in [0.3, 0.4) is 0 Å². The molecular formula is C21H34F3IN4O. The van der Waals surface area contributed by atoms with Gasteiger partial charge in [0.2, 0.25) is 0 Å². The number of aliphatic imine (C=N–C) groups is 1. The molecule has 1 N–H and O–H groups in total. The van der Waals surface area contributed by atoms with Crippen molar-refractivity contribution in [3.63, 3.8) is 0 Å². The molecule has 0 bridgehead atoms. The lowest BCUT2D eigenvalue weighted by Crippen LogP contribution is -2.42. The van der Waals surface area contributed by atoms with Crippen LogP contribution in [0, 0.1) is 5.92 Å². The molecule has 1 aliphatic heterocycles. The lowest BCUT2D eigenvalue weighted by molar-refractivity contribution is -0.146. The van der Waals surface area contributed by atoms with Crippen molar-refractivity contribution in [2.24, 2.45) is 10.9 Å². The summed E-state index contributed by atoms with van der Waals surface area (Å²) < 4.78 is 43.7. The number of nitrogens with zero attached hydrogens (tertiary/aromatic N) is 3. The van der Waals surface area contributed by atoms with Gasteiger partial charge in [-0.1, -0.05) is 37.3 Å². The molecule has 5 nitrogen and oxygen atoms in total. The number of guanidine groups is 1. The van der Waals surface area contributed by atoms with E-state index in [2.05, 4.69) is 15.2 Å². The van der Waals surface area contributed by atoms with Gasteiger partial charge >= 0.3 is 6.18 Å². The highest BCUT2D eigenvalue weighted by atomic mass is 127. The van der Waals surface area contributed by atoms with Gasteiger partial charge in [0.1, 0.15) is 0 Å². The van der Waals surface area contributed by atoms with E-state index in [1.165, 1.54) is 4.90 Å². The van der Waals surface area contributed by atoms with Gasteiger partial charge in [-0.2, -0.15) is 13.2 Å². The Morgan fingerprint density at radius 1 is 1.27 bits per heavy atom. The molecule has 0 aromatic heterocycles. The smallest absolute Gasteiger partial charge is 0.375 e.